The van der Waals surface area contributed by atoms with Crippen LogP contribution in [0.3, 0.4) is 0 Å². The maximum Gasteiger partial charge on any atom is 0.272 e. The van der Waals surface area contributed by atoms with E-state index in [4.69, 9.17) is 0 Å². The van der Waals surface area contributed by atoms with Gasteiger partial charge in [-0.2, -0.15) is 0 Å². The molecule has 0 spiro atoms. The van der Waals surface area contributed by atoms with Crippen molar-refractivity contribution in [2.75, 3.05) is 19.6 Å². The number of hydrogen-bond donors (Lipinski definition) is 0. The summed E-state index contributed by atoms with van der Waals surface area (Å²) < 4.78 is 13.2. The number of carbonyl (C=O) groups excluding carboxylic acids is 1. The Hall–Kier alpha value is -2.27. The molecule has 0 saturated carbocycles. The lowest BCUT2D eigenvalue weighted by Gasteiger charge is -2.34. The smallest absolute Gasteiger partial charge is 0.272 e. The monoisotopic (exact) mass is 355 g/mol. The second-order valence-corrected chi connectivity index (χ2v) is 7.23. The maximum atomic E-state index is 13.2. The predicted octanol–water partition coefficient (Wildman–Crippen LogP) is 3.59. The minimum atomic E-state index is -0.211. The van der Waals surface area contributed by atoms with Gasteiger partial charge in [0.1, 0.15) is 11.5 Å². The topological polar surface area (TPSA) is 36.4 Å². The molecule has 0 bridgehead atoms. The Kier molecular flexibility index (Phi) is 5.99. The Morgan fingerprint density at radius 1 is 1.19 bits per heavy atom. The molecule has 1 aromatic heterocycles. The number of benzene rings is 1. The molecule has 5 heteroatoms. The van der Waals surface area contributed by atoms with Gasteiger partial charge < -0.3 is 4.90 Å². The van der Waals surface area contributed by atoms with Gasteiger partial charge in [-0.05, 0) is 42.2 Å². The fourth-order valence-electron chi connectivity index (χ4n) is 3.55. The molecule has 2 heterocycles. The van der Waals surface area contributed by atoms with Gasteiger partial charge in [-0.1, -0.05) is 32.0 Å². The van der Waals surface area contributed by atoms with E-state index in [9.17, 15) is 9.18 Å². The third-order valence-corrected chi connectivity index (χ3v) is 4.99. The largest absolute Gasteiger partial charge is 0.336 e. The lowest BCUT2D eigenvalue weighted by Crippen LogP contribution is -2.45. The van der Waals surface area contributed by atoms with Crippen molar-refractivity contribution in [2.45, 2.75) is 32.9 Å². The fraction of sp³-hybridized carbons (Fsp3) is 0.429. The normalized spacial score (nSPS) is 18.8. The molecule has 2 aromatic rings. The molecule has 1 fully saturated rings. The van der Waals surface area contributed by atoms with E-state index < -0.39 is 0 Å². The number of pyridine rings is 1. The Balaban J connectivity index is 1.75. The van der Waals surface area contributed by atoms with Crippen LogP contribution >= 0.6 is 0 Å². The molecule has 0 aliphatic carbocycles. The summed E-state index contributed by atoms with van der Waals surface area (Å²) in [6, 6.07) is 12.4. The summed E-state index contributed by atoms with van der Waals surface area (Å²) in [5.74, 6) is 0.199. The molecule has 1 aromatic carbocycles. The van der Waals surface area contributed by atoms with Crippen LogP contribution in [0, 0.1) is 11.7 Å². The lowest BCUT2D eigenvalue weighted by atomic mass is 10.0. The van der Waals surface area contributed by atoms with Crippen LogP contribution in [0.25, 0.3) is 0 Å². The summed E-state index contributed by atoms with van der Waals surface area (Å²) in [4.78, 5) is 21.4. The zero-order valence-electron chi connectivity index (χ0n) is 15.4. The number of nitrogens with zero attached hydrogens (tertiary/aromatic N) is 3. The molecule has 0 unspecified atom stereocenters. The van der Waals surface area contributed by atoms with Crippen molar-refractivity contribution >= 4 is 5.91 Å². The van der Waals surface area contributed by atoms with E-state index in [2.05, 4.69) is 23.7 Å². The molecule has 26 heavy (non-hydrogen) atoms. The summed E-state index contributed by atoms with van der Waals surface area (Å²) in [6.07, 6.45) is 2.58. The van der Waals surface area contributed by atoms with Gasteiger partial charge >= 0.3 is 0 Å². The highest BCUT2D eigenvalue weighted by molar-refractivity contribution is 5.92. The summed E-state index contributed by atoms with van der Waals surface area (Å²) in [5, 5.41) is 0. The standard InChI is InChI=1S/C21H26FN3O/c1-16(2)20-15-25(21(26)19-6-3-4-11-23-19)13-5-12-24(20)14-17-7-9-18(22)10-8-17/h3-4,6-11,16,20H,5,12-15H2,1-2H3/t20-/m0/s1. The van der Waals surface area contributed by atoms with Gasteiger partial charge in [-0.3, -0.25) is 14.7 Å². The van der Waals surface area contributed by atoms with Crippen LogP contribution in [0.15, 0.2) is 48.7 Å². The molecule has 1 aliphatic heterocycles. The molecule has 4 nitrogen and oxygen atoms in total. The van der Waals surface area contributed by atoms with Crippen molar-refractivity contribution in [2.24, 2.45) is 5.92 Å². The Labute approximate surface area is 154 Å². The van der Waals surface area contributed by atoms with E-state index in [0.29, 0.717) is 18.2 Å². The van der Waals surface area contributed by atoms with Gasteiger partial charge in [0.25, 0.3) is 5.91 Å². The summed E-state index contributed by atoms with van der Waals surface area (Å²) in [7, 11) is 0. The summed E-state index contributed by atoms with van der Waals surface area (Å²) in [5.41, 5.74) is 1.60. The first-order valence-corrected chi connectivity index (χ1v) is 9.23. The molecule has 0 N–H and O–H groups in total. The van der Waals surface area contributed by atoms with Crippen molar-refractivity contribution in [3.8, 4) is 0 Å². The zero-order valence-corrected chi connectivity index (χ0v) is 15.4. The SMILES string of the molecule is CC(C)[C@@H]1CN(C(=O)c2ccccn2)CCCN1Cc1ccc(F)cc1. The van der Waals surface area contributed by atoms with Crippen LogP contribution < -0.4 is 0 Å². The van der Waals surface area contributed by atoms with E-state index in [0.717, 1.165) is 31.6 Å². The Morgan fingerprint density at radius 2 is 1.96 bits per heavy atom. The number of carbonyl (C=O) groups is 1. The number of rotatable bonds is 4. The summed E-state index contributed by atoms with van der Waals surface area (Å²) >= 11 is 0. The molecule has 1 aliphatic rings. The van der Waals surface area contributed by atoms with Gasteiger partial charge in [-0.25, -0.2) is 4.39 Å². The van der Waals surface area contributed by atoms with Crippen LogP contribution in [0.1, 0.15) is 36.3 Å². The van der Waals surface area contributed by atoms with Crippen LogP contribution in [0.4, 0.5) is 4.39 Å². The number of amides is 1. The van der Waals surface area contributed by atoms with Crippen molar-refractivity contribution < 1.29 is 9.18 Å². The molecular formula is C21H26FN3O. The minimum Gasteiger partial charge on any atom is -0.336 e. The summed E-state index contributed by atoms with van der Waals surface area (Å²) in [6.45, 7) is 7.50. The Bertz CT molecular complexity index is 718. The maximum absolute atomic E-state index is 13.2. The van der Waals surface area contributed by atoms with Gasteiger partial charge in [0, 0.05) is 38.4 Å². The third-order valence-electron chi connectivity index (χ3n) is 4.99. The van der Waals surface area contributed by atoms with E-state index in [-0.39, 0.29) is 17.8 Å². The van der Waals surface area contributed by atoms with Crippen molar-refractivity contribution in [3.05, 3.63) is 65.7 Å². The van der Waals surface area contributed by atoms with Crippen molar-refractivity contribution in [3.63, 3.8) is 0 Å². The van der Waals surface area contributed by atoms with Crippen LogP contribution in [0.2, 0.25) is 0 Å². The fourth-order valence-corrected chi connectivity index (χ4v) is 3.55. The predicted molar refractivity (Wildman–Crippen MR) is 100 cm³/mol. The highest BCUT2D eigenvalue weighted by atomic mass is 19.1. The first kappa shape index (κ1) is 18.5. The van der Waals surface area contributed by atoms with Crippen LogP contribution in [-0.2, 0) is 6.54 Å². The van der Waals surface area contributed by atoms with Gasteiger partial charge in [-0.15, -0.1) is 0 Å². The lowest BCUT2D eigenvalue weighted by molar-refractivity contribution is 0.0696. The Morgan fingerprint density at radius 3 is 2.62 bits per heavy atom. The molecule has 138 valence electrons. The van der Waals surface area contributed by atoms with E-state index >= 15 is 0 Å². The highest BCUT2D eigenvalue weighted by Crippen LogP contribution is 2.21. The van der Waals surface area contributed by atoms with Crippen LogP contribution in [0.5, 0.6) is 0 Å². The minimum absolute atomic E-state index is 0.000109. The molecular weight excluding hydrogens is 329 g/mol. The average molecular weight is 355 g/mol. The molecule has 1 saturated heterocycles. The number of hydrogen-bond acceptors (Lipinski definition) is 3. The first-order chi connectivity index (χ1) is 12.5. The van der Waals surface area contributed by atoms with Gasteiger partial charge in [0.2, 0.25) is 0 Å². The van der Waals surface area contributed by atoms with Gasteiger partial charge in [0.15, 0.2) is 0 Å². The molecule has 3 rings (SSSR count). The average Bonchev–Trinajstić information content (AvgIpc) is 2.86. The van der Waals surface area contributed by atoms with Crippen molar-refractivity contribution in [1.29, 1.82) is 0 Å². The molecule has 0 radical (unpaired) electrons. The second kappa shape index (κ2) is 8.41. The molecule has 1 amide bonds. The van der Waals surface area contributed by atoms with E-state index in [1.807, 2.05) is 29.2 Å². The quantitative estimate of drug-likeness (QED) is 0.841. The zero-order chi connectivity index (χ0) is 18.5. The van der Waals surface area contributed by atoms with E-state index in [1.54, 1.807) is 12.3 Å². The number of aromatic nitrogens is 1. The van der Waals surface area contributed by atoms with E-state index in [1.165, 1.54) is 12.1 Å². The third kappa shape index (κ3) is 4.47. The number of halogens is 1. The van der Waals surface area contributed by atoms with Gasteiger partial charge in [0.05, 0.1) is 0 Å². The van der Waals surface area contributed by atoms with Crippen LogP contribution in [-0.4, -0.2) is 46.4 Å². The molecule has 1 atom stereocenters. The first-order valence-electron chi connectivity index (χ1n) is 9.23. The van der Waals surface area contributed by atoms with Crippen molar-refractivity contribution in [1.82, 2.24) is 14.8 Å². The second-order valence-electron chi connectivity index (χ2n) is 7.23. The highest BCUT2D eigenvalue weighted by Gasteiger charge is 2.30.